The largest absolute Gasteiger partial charge is 0.397 e. The number of nitrogens with two attached hydrogens (primary N) is 2. The molecule has 1 rings (SSSR count). The first-order chi connectivity index (χ1) is 6.51. The Labute approximate surface area is 82.0 Å². The second-order valence-electron chi connectivity index (χ2n) is 3.32. The standard InChI is InChI=1S/C9H12N4O/c1-9(12,5-14)8-7(11)3-2-6(4-10)13-8/h2-3,14H,5,11-12H2,1H3/t9-/m1/s1. The zero-order valence-electron chi connectivity index (χ0n) is 7.86. The molecule has 0 aliphatic heterocycles. The lowest BCUT2D eigenvalue weighted by Gasteiger charge is -2.22. The van der Waals surface area contributed by atoms with Crippen molar-refractivity contribution < 1.29 is 5.11 Å². The van der Waals surface area contributed by atoms with Crippen LogP contribution in [0.5, 0.6) is 0 Å². The van der Waals surface area contributed by atoms with Crippen molar-refractivity contribution in [3.8, 4) is 6.07 Å². The zero-order valence-corrected chi connectivity index (χ0v) is 7.86. The minimum Gasteiger partial charge on any atom is -0.397 e. The summed E-state index contributed by atoms with van der Waals surface area (Å²) >= 11 is 0. The summed E-state index contributed by atoms with van der Waals surface area (Å²) in [7, 11) is 0. The van der Waals surface area contributed by atoms with E-state index in [-0.39, 0.29) is 12.3 Å². The number of pyridine rings is 1. The Hall–Kier alpha value is -1.64. The van der Waals surface area contributed by atoms with E-state index < -0.39 is 5.54 Å². The molecule has 0 aliphatic carbocycles. The molecule has 0 radical (unpaired) electrons. The second-order valence-corrected chi connectivity index (χ2v) is 3.32. The van der Waals surface area contributed by atoms with Gasteiger partial charge in [0.15, 0.2) is 0 Å². The molecule has 1 heterocycles. The van der Waals surface area contributed by atoms with Gasteiger partial charge in [0.25, 0.3) is 0 Å². The first-order valence-corrected chi connectivity index (χ1v) is 4.08. The number of aliphatic hydroxyl groups is 1. The maximum Gasteiger partial charge on any atom is 0.141 e. The number of aliphatic hydroxyl groups excluding tert-OH is 1. The van der Waals surface area contributed by atoms with Crippen molar-refractivity contribution >= 4 is 5.69 Å². The van der Waals surface area contributed by atoms with Crippen molar-refractivity contribution in [2.45, 2.75) is 12.5 Å². The van der Waals surface area contributed by atoms with Crippen molar-refractivity contribution in [1.29, 1.82) is 5.26 Å². The third-order valence-electron chi connectivity index (χ3n) is 1.91. The number of hydrogen-bond donors (Lipinski definition) is 3. The molecular formula is C9H12N4O. The van der Waals surface area contributed by atoms with Crippen molar-refractivity contribution in [2.75, 3.05) is 12.3 Å². The molecule has 0 fully saturated rings. The average Bonchev–Trinajstić information content (AvgIpc) is 2.18. The van der Waals surface area contributed by atoms with E-state index in [0.717, 1.165) is 0 Å². The minimum absolute atomic E-state index is 0.235. The van der Waals surface area contributed by atoms with Crippen LogP contribution in [0.15, 0.2) is 12.1 Å². The van der Waals surface area contributed by atoms with Crippen LogP contribution in [-0.2, 0) is 5.54 Å². The van der Waals surface area contributed by atoms with Crippen molar-refractivity contribution in [2.24, 2.45) is 5.73 Å². The van der Waals surface area contributed by atoms with E-state index in [1.165, 1.54) is 6.07 Å². The normalized spacial score (nSPS) is 14.4. The van der Waals surface area contributed by atoms with Gasteiger partial charge in [-0.1, -0.05) is 0 Å². The fraction of sp³-hybridized carbons (Fsp3) is 0.333. The van der Waals surface area contributed by atoms with Crippen LogP contribution in [0.4, 0.5) is 5.69 Å². The van der Waals surface area contributed by atoms with Gasteiger partial charge in [0, 0.05) is 0 Å². The van der Waals surface area contributed by atoms with Gasteiger partial charge in [0.05, 0.1) is 23.5 Å². The summed E-state index contributed by atoms with van der Waals surface area (Å²) in [5.74, 6) is 0. The lowest BCUT2D eigenvalue weighted by atomic mass is 9.98. The molecular weight excluding hydrogens is 180 g/mol. The SMILES string of the molecule is C[C@@](N)(CO)c1nc(C#N)ccc1N. The van der Waals surface area contributed by atoms with E-state index in [4.69, 9.17) is 21.8 Å². The van der Waals surface area contributed by atoms with Gasteiger partial charge >= 0.3 is 0 Å². The molecule has 1 atom stereocenters. The second kappa shape index (κ2) is 3.62. The van der Waals surface area contributed by atoms with Gasteiger partial charge in [-0.25, -0.2) is 4.98 Å². The maximum atomic E-state index is 9.03. The van der Waals surface area contributed by atoms with Crippen LogP contribution in [0.2, 0.25) is 0 Å². The highest BCUT2D eigenvalue weighted by molar-refractivity contribution is 5.48. The molecule has 0 unspecified atom stereocenters. The highest BCUT2D eigenvalue weighted by atomic mass is 16.3. The van der Waals surface area contributed by atoms with Gasteiger partial charge in [-0.05, 0) is 19.1 Å². The molecule has 5 N–H and O–H groups in total. The number of nitriles is 1. The fourth-order valence-electron chi connectivity index (χ4n) is 1.06. The topological polar surface area (TPSA) is 109 Å². The van der Waals surface area contributed by atoms with Crippen LogP contribution in [0.1, 0.15) is 18.3 Å². The summed E-state index contributed by atoms with van der Waals surface area (Å²) in [6.07, 6.45) is 0. The Balaban J connectivity index is 3.27. The zero-order chi connectivity index (χ0) is 10.8. The third kappa shape index (κ3) is 1.82. The number of rotatable bonds is 2. The maximum absolute atomic E-state index is 9.03. The van der Waals surface area contributed by atoms with Crippen LogP contribution in [0.25, 0.3) is 0 Å². The van der Waals surface area contributed by atoms with Gasteiger partial charge in [0.2, 0.25) is 0 Å². The molecule has 0 saturated carbocycles. The Kier molecular flexibility index (Phi) is 2.70. The molecule has 0 aromatic carbocycles. The highest BCUT2D eigenvalue weighted by Crippen LogP contribution is 2.21. The lowest BCUT2D eigenvalue weighted by Crippen LogP contribution is -2.38. The highest BCUT2D eigenvalue weighted by Gasteiger charge is 2.24. The summed E-state index contributed by atoms with van der Waals surface area (Å²) in [5.41, 5.74) is 11.3. The van der Waals surface area contributed by atoms with Gasteiger partial charge < -0.3 is 16.6 Å². The van der Waals surface area contributed by atoms with Crippen molar-refractivity contribution in [3.63, 3.8) is 0 Å². The van der Waals surface area contributed by atoms with E-state index in [1.54, 1.807) is 13.0 Å². The summed E-state index contributed by atoms with van der Waals surface area (Å²) in [6, 6.07) is 4.95. The van der Waals surface area contributed by atoms with Crippen LogP contribution in [0.3, 0.4) is 0 Å². The van der Waals surface area contributed by atoms with Crippen LogP contribution >= 0.6 is 0 Å². The molecule has 0 amide bonds. The number of anilines is 1. The molecule has 1 aromatic rings. The van der Waals surface area contributed by atoms with E-state index >= 15 is 0 Å². The minimum atomic E-state index is -1.02. The predicted octanol–water partition coefficient (Wildman–Crippen LogP) is -0.298. The lowest BCUT2D eigenvalue weighted by molar-refractivity contribution is 0.207. The van der Waals surface area contributed by atoms with Crippen molar-refractivity contribution in [3.05, 3.63) is 23.5 Å². The summed E-state index contributed by atoms with van der Waals surface area (Å²) in [6.45, 7) is 1.33. The molecule has 5 nitrogen and oxygen atoms in total. The van der Waals surface area contributed by atoms with Crippen LogP contribution < -0.4 is 11.5 Å². The molecule has 0 aliphatic rings. The van der Waals surface area contributed by atoms with E-state index in [0.29, 0.717) is 11.4 Å². The Morgan fingerprint density at radius 3 is 2.79 bits per heavy atom. The smallest absolute Gasteiger partial charge is 0.141 e. The van der Waals surface area contributed by atoms with Crippen LogP contribution in [0, 0.1) is 11.3 Å². The third-order valence-corrected chi connectivity index (χ3v) is 1.91. The monoisotopic (exact) mass is 192 g/mol. The number of nitrogens with zero attached hydrogens (tertiary/aromatic N) is 2. The van der Waals surface area contributed by atoms with Gasteiger partial charge in [0.1, 0.15) is 11.8 Å². The molecule has 0 saturated heterocycles. The summed E-state index contributed by atoms with van der Waals surface area (Å²) < 4.78 is 0. The van der Waals surface area contributed by atoms with E-state index in [1.807, 2.05) is 6.07 Å². The molecule has 0 bridgehead atoms. The van der Waals surface area contributed by atoms with Gasteiger partial charge in [-0.3, -0.25) is 0 Å². The number of aromatic nitrogens is 1. The first kappa shape index (κ1) is 10.4. The predicted molar refractivity (Wildman–Crippen MR) is 52.0 cm³/mol. The molecule has 1 aromatic heterocycles. The van der Waals surface area contributed by atoms with E-state index in [2.05, 4.69) is 4.98 Å². The molecule has 14 heavy (non-hydrogen) atoms. The fourth-order valence-corrected chi connectivity index (χ4v) is 1.06. The van der Waals surface area contributed by atoms with Crippen LogP contribution in [-0.4, -0.2) is 16.7 Å². The number of hydrogen-bond acceptors (Lipinski definition) is 5. The van der Waals surface area contributed by atoms with Gasteiger partial charge in [-0.15, -0.1) is 0 Å². The van der Waals surface area contributed by atoms with E-state index in [9.17, 15) is 0 Å². The quantitative estimate of drug-likeness (QED) is 0.596. The molecule has 74 valence electrons. The first-order valence-electron chi connectivity index (χ1n) is 4.08. The Bertz CT molecular complexity index is 381. The average molecular weight is 192 g/mol. The molecule has 5 heteroatoms. The summed E-state index contributed by atoms with van der Waals surface area (Å²) in [5, 5.41) is 17.7. The van der Waals surface area contributed by atoms with Crippen molar-refractivity contribution in [1.82, 2.24) is 4.98 Å². The Morgan fingerprint density at radius 1 is 1.64 bits per heavy atom. The summed E-state index contributed by atoms with van der Waals surface area (Å²) in [4.78, 5) is 3.96. The Morgan fingerprint density at radius 2 is 2.29 bits per heavy atom. The van der Waals surface area contributed by atoms with Gasteiger partial charge in [-0.2, -0.15) is 5.26 Å². The number of nitrogen functional groups attached to an aromatic ring is 1. The molecule has 0 spiro atoms.